The quantitative estimate of drug-likeness (QED) is 0.427. The molecule has 0 bridgehead atoms. The first-order chi connectivity index (χ1) is 3.62. The summed E-state index contributed by atoms with van der Waals surface area (Å²) in [6.45, 7) is 5.77. The van der Waals surface area contributed by atoms with E-state index in [1.807, 2.05) is 13.8 Å². The molecule has 0 amide bonds. The molecule has 0 spiro atoms. The maximum Gasteiger partial charge on any atom is 1.00 e. The van der Waals surface area contributed by atoms with Crippen molar-refractivity contribution in [3.05, 3.63) is 0 Å². The van der Waals surface area contributed by atoms with Crippen LogP contribution in [-0.4, -0.2) is 5.60 Å². The first-order valence-electron chi connectivity index (χ1n) is 3.33. The van der Waals surface area contributed by atoms with Crippen molar-refractivity contribution in [3.8, 4) is 0 Å². The van der Waals surface area contributed by atoms with Gasteiger partial charge in [0.2, 0.25) is 0 Å². The third kappa shape index (κ3) is 6.85. The summed E-state index contributed by atoms with van der Waals surface area (Å²) < 4.78 is 0. The Morgan fingerprint density at radius 1 is 1.33 bits per heavy atom. The molecule has 1 unspecified atom stereocenters. The van der Waals surface area contributed by atoms with Crippen LogP contribution in [0.2, 0.25) is 0 Å². The van der Waals surface area contributed by atoms with Gasteiger partial charge in [0.25, 0.3) is 0 Å². The topological polar surface area (TPSA) is 23.1 Å². The minimum absolute atomic E-state index is 0. The van der Waals surface area contributed by atoms with Crippen LogP contribution in [0.4, 0.5) is 0 Å². The van der Waals surface area contributed by atoms with Crippen LogP contribution in [0.3, 0.4) is 0 Å². The number of hydrogen-bond acceptors (Lipinski definition) is 1. The molecule has 1 atom stereocenters. The largest absolute Gasteiger partial charge is 1.00 e. The maximum absolute atomic E-state index is 11.1. The van der Waals surface area contributed by atoms with Gasteiger partial charge in [0.1, 0.15) is 0 Å². The molecule has 0 saturated heterocycles. The minimum atomic E-state index is -0.658. The van der Waals surface area contributed by atoms with Crippen molar-refractivity contribution in [2.75, 3.05) is 0 Å². The van der Waals surface area contributed by atoms with Gasteiger partial charge < -0.3 is 5.11 Å². The van der Waals surface area contributed by atoms with Gasteiger partial charge in [0, 0.05) is 0 Å². The molecule has 0 aliphatic rings. The van der Waals surface area contributed by atoms with Crippen molar-refractivity contribution in [2.24, 2.45) is 0 Å². The molecule has 0 rings (SSSR count). The molecule has 2 heteroatoms. The molecule has 9 heavy (non-hydrogen) atoms. The SMILES string of the molecule is CCCC(C)([O-])CC.[Na+]. The van der Waals surface area contributed by atoms with Crippen molar-refractivity contribution in [1.29, 1.82) is 0 Å². The summed E-state index contributed by atoms with van der Waals surface area (Å²) in [5.41, 5.74) is -0.658. The molecule has 0 heterocycles. The van der Waals surface area contributed by atoms with Crippen LogP contribution in [0.5, 0.6) is 0 Å². The molecule has 0 fully saturated rings. The van der Waals surface area contributed by atoms with Crippen LogP contribution in [0.25, 0.3) is 0 Å². The standard InChI is InChI=1S/C7H15O.Na/c1-4-6-7(3,8)5-2;/h4-6H2,1-3H3;/q-1;+1. The van der Waals surface area contributed by atoms with Gasteiger partial charge in [-0.05, 0) is 0 Å². The van der Waals surface area contributed by atoms with E-state index in [-0.39, 0.29) is 29.6 Å². The molecule has 0 N–H and O–H groups in total. The van der Waals surface area contributed by atoms with E-state index in [1.165, 1.54) is 0 Å². The summed E-state index contributed by atoms with van der Waals surface area (Å²) in [5, 5.41) is 11.1. The van der Waals surface area contributed by atoms with Gasteiger partial charge in [-0.3, -0.25) is 0 Å². The molecule has 0 aromatic carbocycles. The zero-order valence-corrected chi connectivity index (χ0v) is 9.03. The minimum Gasteiger partial charge on any atom is -0.850 e. The Kier molecular flexibility index (Phi) is 8.02. The molecular formula is C7H15NaO. The smallest absolute Gasteiger partial charge is 0.850 e. The summed E-state index contributed by atoms with van der Waals surface area (Å²) in [7, 11) is 0. The fourth-order valence-electron chi connectivity index (χ4n) is 0.706. The van der Waals surface area contributed by atoms with Crippen molar-refractivity contribution in [1.82, 2.24) is 0 Å². The van der Waals surface area contributed by atoms with E-state index in [1.54, 1.807) is 6.92 Å². The van der Waals surface area contributed by atoms with Gasteiger partial charge in [-0.15, -0.1) is 5.60 Å². The Balaban J connectivity index is 0. The third-order valence-electron chi connectivity index (χ3n) is 1.53. The van der Waals surface area contributed by atoms with Gasteiger partial charge in [0.05, 0.1) is 0 Å². The Labute approximate surface area is 80.1 Å². The second-order valence-corrected chi connectivity index (χ2v) is 2.55. The zero-order valence-electron chi connectivity index (χ0n) is 7.03. The average molecular weight is 138 g/mol. The van der Waals surface area contributed by atoms with E-state index < -0.39 is 5.60 Å². The summed E-state index contributed by atoms with van der Waals surface area (Å²) in [4.78, 5) is 0. The summed E-state index contributed by atoms with van der Waals surface area (Å²) in [6, 6.07) is 0. The van der Waals surface area contributed by atoms with Gasteiger partial charge in [-0.25, -0.2) is 0 Å². The first-order valence-corrected chi connectivity index (χ1v) is 3.33. The van der Waals surface area contributed by atoms with Crippen LogP contribution in [0, 0.1) is 0 Å². The summed E-state index contributed by atoms with van der Waals surface area (Å²) in [6.07, 6.45) is 2.57. The van der Waals surface area contributed by atoms with Crippen molar-refractivity contribution < 1.29 is 34.7 Å². The average Bonchev–Trinajstić information content (AvgIpc) is 1.67. The number of rotatable bonds is 3. The Bertz CT molecular complexity index is 61.9. The molecule has 0 saturated carbocycles. The zero-order chi connectivity index (χ0) is 6.62. The van der Waals surface area contributed by atoms with Crippen LogP contribution in [-0.2, 0) is 0 Å². The van der Waals surface area contributed by atoms with E-state index >= 15 is 0 Å². The van der Waals surface area contributed by atoms with E-state index in [0.717, 1.165) is 19.3 Å². The second-order valence-electron chi connectivity index (χ2n) is 2.55. The van der Waals surface area contributed by atoms with Crippen molar-refractivity contribution in [3.63, 3.8) is 0 Å². The second kappa shape index (κ2) is 5.72. The van der Waals surface area contributed by atoms with Gasteiger partial charge in [0.15, 0.2) is 0 Å². The van der Waals surface area contributed by atoms with Gasteiger partial charge >= 0.3 is 29.6 Å². The third-order valence-corrected chi connectivity index (χ3v) is 1.53. The van der Waals surface area contributed by atoms with E-state index in [4.69, 9.17) is 0 Å². The molecular weight excluding hydrogens is 123 g/mol. The van der Waals surface area contributed by atoms with Crippen LogP contribution >= 0.6 is 0 Å². The summed E-state index contributed by atoms with van der Waals surface area (Å²) >= 11 is 0. The van der Waals surface area contributed by atoms with E-state index in [2.05, 4.69) is 0 Å². The van der Waals surface area contributed by atoms with Gasteiger partial charge in [-0.1, -0.05) is 40.0 Å². The monoisotopic (exact) mass is 138 g/mol. The molecule has 0 aromatic heterocycles. The van der Waals surface area contributed by atoms with Crippen LogP contribution < -0.4 is 34.7 Å². The molecule has 0 radical (unpaired) electrons. The predicted molar refractivity (Wildman–Crippen MR) is 33.6 cm³/mol. The molecule has 50 valence electrons. The number of hydrogen-bond donors (Lipinski definition) is 0. The van der Waals surface area contributed by atoms with Crippen molar-refractivity contribution in [2.45, 2.75) is 45.6 Å². The first kappa shape index (κ1) is 12.6. The molecule has 0 aliphatic carbocycles. The maximum atomic E-state index is 11.1. The van der Waals surface area contributed by atoms with E-state index in [0.29, 0.717) is 0 Å². The fourth-order valence-corrected chi connectivity index (χ4v) is 0.706. The van der Waals surface area contributed by atoms with Crippen LogP contribution in [0.15, 0.2) is 0 Å². The Morgan fingerprint density at radius 2 is 1.78 bits per heavy atom. The molecule has 1 nitrogen and oxygen atoms in total. The Hall–Kier alpha value is 0.960. The molecule has 0 aliphatic heterocycles. The van der Waals surface area contributed by atoms with Gasteiger partial charge in [-0.2, -0.15) is 0 Å². The van der Waals surface area contributed by atoms with Crippen molar-refractivity contribution >= 4 is 0 Å². The Morgan fingerprint density at radius 3 is 1.89 bits per heavy atom. The summed E-state index contributed by atoms with van der Waals surface area (Å²) in [5.74, 6) is 0. The fraction of sp³-hybridized carbons (Fsp3) is 1.00. The van der Waals surface area contributed by atoms with E-state index in [9.17, 15) is 5.11 Å². The normalized spacial score (nSPS) is 16.0. The molecule has 0 aromatic rings. The van der Waals surface area contributed by atoms with Crippen LogP contribution in [0.1, 0.15) is 40.0 Å². The predicted octanol–water partition coefficient (Wildman–Crippen LogP) is -1.68.